The van der Waals surface area contributed by atoms with Crippen LogP contribution in [0.1, 0.15) is 30.0 Å². The Kier molecular flexibility index (Phi) is 4.98. The van der Waals surface area contributed by atoms with E-state index in [1.54, 1.807) is 6.92 Å². The van der Waals surface area contributed by atoms with Crippen LogP contribution in [-0.4, -0.2) is 39.9 Å². The number of ether oxygens (including phenoxy) is 1. The van der Waals surface area contributed by atoms with Gasteiger partial charge < -0.3 is 4.74 Å². The van der Waals surface area contributed by atoms with Gasteiger partial charge in [-0.2, -0.15) is 0 Å². The molecule has 0 bridgehead atoms. The zero-order valence-corrected chi connectivity index (χ0v) is 10.9. The smallest absolute Gasteiger partial charge is 0.360 e. The Bertz CT molecular complexity index is 496. The van der Waals surface area contributed by atoms with Crippen molar-refractivity contribution in [3.05, 3.63) is 11.4 Å². The van der Waals surface area contributed by atoms with Gasteiger partial charge in [0.15, 0.2) is 5.69 Å². The fourth-order valence-electron chi connectivity index (χ4n) is 1.40. The number of aromatic nitrogens is 3. The number of amides is 2. The van der Waals surface area contributed by atoms with Gasteiger partial charge >= 0.3 is 5.97 Å². The van der Waals surface area contributed by atoms with Gasteiger partial charge in [0.1, 0.15) is 6.54 Å². The number of hydrazine groups is 1. The number of carbonyl (C=O) groups excluding carboxylic acids is 3. The molecule has 1 aromatic rings. The first-order chi connectivity index (χ1) is 8.99. The van der Waals surface area contributed by atoms with Crippen LogP contribution in [0.25, 0.3) is 0 Å². The SMILES string of the molecule is CCc1c(C(=O)OC)nnn1CC(=O)NNC(C)=O. The van der Waals surface area contributed by atoms with E-state index in [4.69, 9.17) is 0 Å². The molecule has 2 amide bonds. The van der Waals surface area contributed by atoms with Gasteiger partial charge in [-0.25, -0.2) is 9.48 Å². The molecule has 0 aliphatic rings. The summed E-state index contributed by atoms with van der Waals surface area (Å²) >= 11 is 0. The number of esters is 1. The van der Waals surface area contributed by atoms with Crippen molar-refractivity contribution >= 4 is 17.8 Å². The second-order valence-electron chi connectivity index (χ2n) is 3.62. The van der Waals surface area contributed by atoms with E-state index in [9.17, 15) is 14.4 Å². The van der Waals surface area contributed by atoms with Crippen molar-refractivity contribution in [1.82, 2.24) is 25.8 Å². The fraction of sp³-hybridized carbons (Fsp3) is 0.500. The molecule has 9 nitrogen and oxygen atoms in total. The molecular weight excluding hydrogens is 254 g/mol. The summed E-state index contributed by atoms with van der Waals surface area (Å²) in [5.74, 6) is -1.48. The molecule has 9 heteroatoms. The van der Waals surface area contributed by atoms with Crippen molar-refractivity contribution in [3.63, 3.8) is 0 Å². The van der Waals surface area contributed by atoms with Gasteiger partial charge in [0.05, 0.1) is 12.8 Å². The van der Waals surface area contributed by atoms with Crippen molar-refractivity contribution in [2.45, 2.75) is 26.8 Å². The van der Waals surface area contributed by atoms with Crippen molar-refractivity contribution < 1.29 is 19.1 Å². The van der Waals surface area contributed by atoms with E-state index in [2.05, 4.69) is 25.9 Å². The summed E-state index contributed by atoms with van der Waals surface area (Å²) in [6, 6.07) is 0. The number of rotatable bonds is 4. The predicted molar refractivity (Wildman–Crippen MR) is 62.7 cm³/mol. The summed E-state index contributed by atoms with van der Waals surface area (Å²) < 4.78 is 5.84. The molecule has 104 valence electrons. The van der Waals surface area contributed by atoms with Gasteiger partial charge in [-0.3, -0.25) is 20.4 Å². The largest absolute Gasteiger partial charge is 0.464 e. The number of hydrogen-bond donors (Lipinski definition) is 2. The zero-order chi connectivity index (χ0) is 14.4. The first-order valence-corrected chi connectivity index (χ1v) is 5.55. The van der Waals surface area contributed by atoms with Gasteiger partial charge in [0.2, 0.25) is 5.91 Å². The van der Waals surface area contributed by atoms with E-state index >= 15 is 0 Å². The average Bonchev–Trinajstić information content (AvgIpc) is 2.78. The molecule has 0 unspecified atom stereocenters. The molecule has 0 atom stereocenters. The predicted octanol–water partition coefficient (Wildman–Crippen LogP) is -1.21. The summed E-state index contributed by atoms with van der Waals surface area (Å²) in [5, 5.41) is 7.39. The Morgan fingerprint density at radius 3 is 2.53 bits per heavy atom. The van der Waals surface area contributed by atoms with E-state index in [0.717, 1.165) is 0 Å². The normalized spacial score (nSPS) is 9.84. The van der Waals surface area contributed by atoms with E-state index < -0.39 is 17.8 Å². The maximum absolute atomic E-state index is 11.5. The topological polar surface area (TPSA) is 115 Å². The first kappa shape index (κ1) is 14.6. The van der Waals surface area contributed by atoms with Crippen LogP contribution in [-0.2, 0) is 27.3 Å². The van der Waals surface area contributed by atoms with Crippen LogP contribution in [0, 0.1) is 0 Å². The number of nitrogens with zero attached hydrogens (tertiary/aromatic N) is 3. The third-order valence-electron chi connectivity index (χ3n) is 2.22. The molecule has 2 N–H and O–H groups in total. The summed E-state index contributed by atoms with van der Waals surface area (Å²) in [7, 11) is 1.24. The van der Waals surface area contributed by atoms with Crippen LogP contribution in [0.15, 0.2) is 0 Å². The maximum atomic E-state index is 11.5. The Balaban J connectivity index is 2.79. The van der Waals surface area contributed by atoms with Gasteiger partial charge in [-0.1, -0.05) is 12.1 Å². The molecule has 19 heavy (non-hydrogen) atoms. The molecule has 1 rings (SSSR count). The highest BCUT2D eigenvalue weighted by molar-refractivity contribution is 5.88. The van der Waals surface area contributed by atoms with E-state index in [0.29, 0.717) is 12.1 Å². The lowest BCUT2D eigenvalue weighted by atomic mass is 10.2. The van der Waals surface area contributed by atoms with Crippen LogP contribution in [0.2, 0.25) is 0 Å². The van der Waals surface area contributed by atoms with E-state index in [1.807, 2.05) is 0 Å². The summed E-state index contributed by atoms with van der Waals surface area (Å²) in [5.41, 5.74) is 4.91. The van der Waals surface area contributed by atoms with Crippen molar-refractivity contribution in [1.29, 1.82) is 0 Å². The quantitative estimate of drug-likeness (QED) is 0.523. The van der Waals surface area contributed by atoms with Crippen molar-refractivity contribution in [3.8, 4) is 0 Å². The summed E-state index contributed by atoms with van der Waals surface area (Å²) in [6.07, 6.45) is 0.463. The summed E-state index contributed by atoms with van der Waals surface area (Å²) in [4.78, 5) is 33.5. The Morgan fingerprint density at radius 2 is 2.00 bits per heavy atom. The summed E-state index contributed by atoms with van der Waals surface area (Å²) in [6.45, 7) is 2.91. The molecule has 1 aromatic heterocycles. The van der Waals surface area contributed by atoms with E-state index in [1.165, 1.54) is 18.7 Å². The molecule has 0 aliphatic carbocycles. The number of carbonyl (C=O) groups is 3. The zero-order valence-electron chi connectivity index (χ0n) is 10.9. The lowest BCUT2D eigenvalue weighted by Crippen LogP contribution is -2.42. The number of nitrogens with one attached hydrogen (secondary N) is 2. The third-order valence-corrected chi connectivity index (χ3v) is 2.22. The van der Waals surface area contributed by atoms with E-state index in [-0.39, 0.29) is 12.2 Å². The molecular formula is C10H15N5O4. The Labute approximate surface area is 109 Å². The number of hydrogen-bond acceptors (Lipinski definition) is 6. The minimum Gasteiger partial charge on any atom is -0.464 e. The molecule has 0 fully saturated rings. The van der Waals surface area contributed by atoms with Crippen LogP contribution < -0.4 is 10.9 Å². The van der Waals surface area contributed by atoms with Crippen molar-refractivity contribution in [2.75, 3.05) is 7.11 Å². The molecule has 0 aromatic carbocycles. The van der Waals surface area contributed by atoms with Gasteiger partial charge in [0, 0.05) is 6.92 Å². The third kappa shape index (κ3) is 3.76. The van der Waals surface area contributed by atoms with Gasteiger partial charge in [0.25, 0.3) is 5.91 Å². The average molecular weight is 269 g/mol. The standard InChI is InChI=1S/C10H15N5O4/c1-4-7-9(10(18)19-3)13-14-15(7)5-8(17)12-11-6(2)16/h4-5H2,1-3H3,(H,11,16)(H,12,17). The highest BCUT2D eigenvalue weighted by Crippen LogP contribution is 2.07. The van der Waals surface area contributed by atoms with Crippen LogP contribution in [0.4, 0.5) is 0 Å². The first-order valence-electron chi connectivity index (χ1n) is 5.55. The monoisotopic (exact) mass is 269 g/mol. The van der Waals surface area contributed by atoms with Crippen LogP contribution in [0.5, 0.6) is 0 Å². The lowest BCUT2D eigenvalue weighted by molar-refractivity contribution is -0.128. The minimum absolute atomic E-state index is 0.0809. The second-order valence-corrected chi connectivity index (χ2v) is 3.62. The maximum Gasteiger partial charge on any atom is 0.360 e. The van der Waals surface area contributed by atoms with Crippen molar-refractivity contribution in [2.24, 2.45) is 0 Å². The second kappa shape index (κ2) is 6.47. The minimum atomic E-state index is -0.606. The Morgan fingerprint density at radius 1 is 1.32 bits per heavy atom. The fourth-order valence-corrected chi connectivity index (χ4v) is 1.40. The number of methoxy groups -OCH3 is 1. The molecule has 0 saturated carbocycles. The molecule has 0 radical (unpaired) electrons. The highest BCUT2D eigenvalue weighted by atomic mass is 16.5. The lowest BCUT2D eigenvalue weighted by Gasteiger charge is -2.07. The molecule has 0 spiro atoms. The van der Waals surface area contributed by atoms with Crippen LogP contribution in [0.3, 0.4) is 0 Å². The van der Waals surface area contributed by atoms with Gasteiger partial charge in [-0.05, 0) is 6.42 Å². The van der Waals surface area contributed by atoms with Gasteiger partial charge in [-0.15, -0.1) is 5.10 Å². The van der Waals surface area contributed by atoms with Crippen LogP contribution >= 0.6 is 0 Å². The molecule has 0 saturated heterocycles. The Hall–Kier alpha value is -2.45. The molecule has 1 heterocycles. The highest BCUT2D eigenvalue weighted by Gasteiger charge is 2.20. The molecule has 0 aliphatic heterocycles.